The Bertz CT molecular complexity index is 2130. The van der Waals surface area contributed by atoms with Gasteiger partial charge in [-0.3, -0.25) is 24.2 Å². The maximum atomic E-state index is 13.5. The van der Waals surface area contributed by atoms with Crippen LogP contribution in [0.2, 0.25) is 0 Å². The van der Waals surface area contributed by atoms with Crippen molar-refractivity contribution in [3.8, 4) is 0 Å². The lowest BCUT2D eigenvalue weighted by atomic mass is 10.1. The number of carbonyl (C=O) groups excluding carboxylic acids is 5. The Balaban J connectivity index is 0.000000240. The van der Waals surface area contributed by atoms with E-state index in [-0.39, 0.29) is 42.3 Å². The largest absolute Gasteiger partial charge is 0.344 e. The number of carbonyl (C=O) groups is 5. The fourth-order valence-corrected chi connectivity index (χ4v) is 7.05. The Morgan fingerprint density at radius 1 is 0.571 bits per heavy atom. The minimum absolute atomic E-state index is 0.0384. The Hall–Kier alpha value is -6.17. The topological polar surface area (TPSA) is 143 Å². The predicted octanol–water partition coefficient (Wildman–Crippen LogP) is 5.89. The number of nitrogens with two attached hydrogens (primary N) is 1. The van der Waals surface area contributed by atoms with E-state index in [1.165, 1.54) is 36.4 Å². The molecule has 2 fully saturated rings. The number of halogens is 4. The van der Waals surface area contributed by atoms with E-state index in [2.05, 4.69) is 23.6 Å². The second-order valence-corrected chi connectivity index (χ2v) is 15.0. The van der Waals surface area contributed by atoms with Crippen LogP contribution in [0, 0.1) is 11.6 Å². The zero-order valence-corrected chi connectivity index (χ0v) is 35.5. The van der Waals surface area contributed by atoms with Crippen LogP contribution in [0.15, 0.2) is 97.1 Å². The molecule has 6 rings (SSSR count). The van der Waals surface area contributed by atoms with Gasteiger partial charge in [-0.15, -0.1) is 0 Å². The van der Waals surface area contributed by atoms with Gasteiger partial charge in [0.1, 0.15) is 11.6 Å². The molecule has 0 atom stereocenters. The van der Waals surface area contributed by atoms with Crippen LogP contribution in [0.3, 0.4) is 0 Å². The van der Waals surface area contributed by atoms with Crippen molar-refractivity contribution in [3.63, 3.8) is 0 Å². The predicted molar refractivity (Wildman–Crippen MR) is 233 cm³/mol. The number of rotatable bonds is 14. The molecule has 2 aliphatic heterocycles. The van der Waals surface area contributed by atoms with E-state index in [4.69, 9.17) is 5.73 Å². The number of Topliss-reactive ketones (excluding diaryl/α,β-unsaturated/α-hetero) is 2. The molecule has 0 unspecified atom stereocenters. The summed E-state index contributed by atoms with van der Waals surface area (Å²) in [5, 5.41) is 1.88. The summed E-state index contributed by atoms with van der Waals surface area (Å²) < 4.78 is 51.4. The highest BCUT2D eigenvalue weighted by Gasteiger charge is 2.28. The summed E-state index contributed by atoms with van der Waals surface area (Å²) in [6, 6.07) is 24.7. The molecule has 2 heterocycles. The number of alkyl halides is 2. The lowest BCUT2D eigenvalue weighted by molar-refractivity contribution is -0.131. The smallest absolute Gasteiger partial charge is 0.324 e. The van der Waals surface area contributed by atoms with E-state index in [1.807, 2.05) is 22.3 Å². The number of piperazine rings is 2. The van der Waals surface area contributed by atoms with Crippen LogP contribution in [0.4, 0.5) is 38.5 Å². The lowest BCUT2D eigenvalue weighted by Gasteiger charge is -2.37. The number of anilines is 2. The highest BCUT2D eigenvalue weighted by molar-refractivity contribution is 6.00. The molecular formula is C46H54F4N8O5. The molecule has 4 aromatic rings. The monoisotopic (exact) mass is 874 g/mol. The van der Waals surface area contributed by atoms with Crippen molar-refractivity contribution in [1.29, 1.82) is 0 Å². The van der Waals surface area contributed by atoms with Gasteiger partial charge in [0.15, 0.2) is 11.6 Å². The number of hydrogen-bond acceptors (Lipinski definition) is 8. The first-order valence-electron chi connectivity index (χ1n) is 20.9. The molecule has 2 saturated heterocycles. The van der Waals surface area contributed by atoms with Crippen molar-refractivity contribution >= 4 is 40.9 Å². The minimum atomic E-state index is -3.19. The molecule has 2 aliphatic rings. The fourth-order valence-electron chi connectivity index (χ4n) is 7.05. The molecule has 5 amide bonds. The van der Waals surface area contributed by atoms with E-state index < -0.39 is 30.5 Å². The summed E-state index contributed by atoms with van der Waals surface area (Å²) in [7, 11) is 0. The average molecular weight is 875 g/mol. The summed E-state index contributed by atoms with van der Waals surface area (Å²) in [4.78, 5) is 72.8. The van der Waals surface area contributed by atoms with Gasteiger partial charge in [-0.05, 0) is 72.7 Å². The number of ketones is 2. The van der Waals surface area contributed by atoms with Crippen molar-refractivity contribution in [2.24, 2.45) is 5.73 Å². The Kier molecular flexibility index (Phi) is 17.7. The van der Waals surface area contributed by atoms with Crippen LogP contribution in [0.25, 0.3) is 0 Å². The van der Waals surface area contributed by atoms with E-state index in [9.17, 15) is 41.5 Å². The first-order chi connectivity index (χ1) is 30.3. The third-order valence-electron chi connectivity index (χ3n) is 11.0. The second-order valence-electron chi connectivity index (χ2n) is 15.0. The number of benzene rings is 4. The summed E-state index contributed by atoms with van der Waals surface area (Å²) >= 11 is 0. The highest BCUT2D eigenvalue weighted by atomic mass is 19.3. The average Bonchev–Trinajstić information content (AvgIpc) is 3.32. The molecule has 3 N–H and O–H groups in total. The van der Waals surface area contributed by atoms with Crippen molar-refractivity contribution < 1.29 is 41.5 Å². The molecule has 0 saturated carbocycles. The van der Waals surface area contributed by atoms with E-state index in [0.29, 0.717) is 49.7 Å². The van der Waals surface area contributed by atoms with Crippen molar-refractivity contribution in [2.45, 2.75) is 33.4 Å². The van der Waals surface area contributed by atoms with Gasteiger partial charge in [0.25, 0.3) is 5.91 Å². The lowest BCUT2D eigenvalue weighted by Crippen LogP contribution is -2.52. The van der Waals surface area contributed by atoms with Crippen LogP contribution >= 0.6 is 0 Å². The SMILES string of the molecule is CCN1CCN(C(=O)N(Cc2ccc(C(=O)CN)cc2)c2ccc(F)cc2)CC1.CCN1CCN(C(=O)N(Cc2ccc(C(=O)CNC(=O)C(F)F)cc2)c2ccc(F)cc2)CC1. The van der Waals surface area contributed by atoms with E-state index in [1.54, 1.807) is 63.2 Å². The summed E-state index contributed by atoms with van der Waals surface area (Å²) in [5.41, 5.74) is 8.98. The van der Waals surface area contributed by atoms with E-state index >= 15 is 0 Å². The Morgan fingerprint density at radius 2 is 0.937 bits per heavy atom. The molecule has 336 valence electrons. The van der Waals surface area contributed by atoms with Gasteiger partial charge in [-0.2, -0.15) is 8.78 Å². The number of amides is 5. The third kappa shape index (κ3) is 13.7. The van der Waals surface area contributed by atoms with Gasteiger partial charge in [-0.1, -0.05) is 62.4 Å². The molecule has 0 bridgehead atoms. The Morgan fingerprint density at radius 3 is 1.27 bits per heavy atom. The van der Waals surface area contributed by atoms with Crippen LogP contribution in [0.1, 0.15) is 45.7 Å². The molecule has 0 spiro atoms. The standard InChI is InChI=1S/C24H27F3N4O3.C22H27FN4O2/c1-2-29-11-13-30(14-12-29)24(34)31(20-9-7-19(25)8-10-20)16-17-3-5-18(6-4-17)21(32)15-28-23(33)22(26)27;1-2-25-11-13-26(14-12-25)22(29)27(20-9-7-19(23)8-10-20)16-17-3-5-18(6-4-17)21(28)15-24/h3-10,22H,2,11-16H2,1H3,(H,28,33);3-10H,2,11-16,24H2,1H3. The van der Waals surface area contributed by atoms with Crippen LogP contribution in [-0.2, 0) is 17.9 Å². The molecule has 13 nitrogen and oxygen atoms in total. The first-order valence-corrected chi connectivity index (χ1v) is 20.9. The molecule has 0 aliphatic carbocycles. The van der Waals surface area contributed by atoms with Gasteiger partial charge in [0.2, 0.25) is 0 Å². The number of nitrogens with one attached hydrogen (secondary N) is 1. The first kappa shape index (κ1) is 47.9. The van der Waals surface area contributed by atoms with Gasteiger partial charge in [-0.25, -0.2) is 18.4 Å². The van der Waals surface area contributed by atoms with E-state index in [0.717, 1.165) is 50.4 Å². The normalized spacial score (nSPS) is 14.4. The van der Waals surface area contributed by atoms with Gasteiger partial charge in [0, 0.05) is 74.9 Å². The number of likely N-dealkylation sites (N-methyl/N-ethyl adjacent to an activating group) is 2. The molecule has 4 aromatic carbocycles. The highest BCUT2D eigenvalue weighted by Crippen LogP contribution is 2.23. The van der Waals surface area contributed by atoms with Crippen molar-refractivity contribution in [2.75, 3.05) is 88.3 Å². The van der Waals surface area contributed by atoms with Crippen molar-refractivity contribution in [1.82, 2.24) is 24.9 Å². The van der Waals surface area contributed by atoms with Gasteiger partial charge < -0.3 is 30.7 Å². The minimum Gasteiger partial charge on any atom is -0.344 e. The maximum absolute atomic E-state index is 13.5. The van der Waals surface area contributed by atoms with Crippen LogP contribution in [0.5, 0.6) is 0 Å². The van der Waals surface area contributed by atoms with Crippen LogP contribution in [-0.4, -0.2) is 134 Å². The molecule has 17 heteroatoms. The number of urea groups is 2. The summed E-state index contributed by atoms with van der Waals surface area (Å²) in [6.07, 6.45) is -3.19. The third-order valence-corrected chi connectivity index (χ3v) is 11.0. The van der Waals surface area contributed by atoms with Gasteiger partial charge in [0.05, 0.1) is 26.2 Å². The fraction of sp³-hybridized carbons (Fsp3) is 0.370. The molecular weight excluding hydrogens is 821 g/mol. The summed E-state index contributed by atoms with van der Waals surface area (Å²) in [5.74, 6) is -2.90. The zero-order valence-electron chi connectivity index (χ0n) is 35.5. The number of nitrogens with zero attached hydrogens (tertiary/aromatic N) is 6. The molecule has 0 radical (unpaired) electrons. The van der Waals surface area contributed by atoms with Crippen LogP contribution < -0.4 is 20.9 Å². The Labute approximate surface area is 365 Å². The molecule has 0 aromatic heterocycles. The number of hydrogen-bond donors (Lipinski definition) is 2. The zero-order chi connectivity index (χ0) is 45.5. The quantitative estimate of drug-likeness (QED) is 0.118. The van der Waals surface area contributed by atoms with Crippen molar-refractivity contribution in [3.05, 3.63) is 131 Å². The summed E-state index contributed by atoms with van der Waals surface area (Å²) in [6.45, 7) is 11.7. The van der Waals surface area contributed by atoms with Gasteiger partial charge >= 0.3 is 18.5 Å². The second kappa shape index (κ2) is 23.3. The molecule has 63 heavy (non-hydrogen) atoms. The maximum Gasteiger partial charge on any atom is 0.324 e.